The molecule has 160 valence electrons. The Morgan fingerprint density at radius 3 is 2.15 bits per heavy atom. The molecule has 1 heterocycles. The van der Waals surface area contributed by atoms with Crippen LogP contribution in [-0.2, 0) is 0 Å². The number of hydrogen-bond acceptors (Lipinski definition) is 4. The van der Waals surface area contributed by atoms with Crippen LogP contribution in [0.2, 0.25) is 0 Å². The minimum Gasteiger partial charge on any atom is -0.423 e. The number of rotatable bonds is 4. The van der Waals surface area contributed by atoms with Crippen LogP contribution in [0.4, 0.5) is 0 Å². The van der Waals surface area contributed by atoms with Crippen LogP contribution < -0.4 is 10.3 Å². The number of carbonyl (C=O) groups is 1. The van der Waals surface area contributed by atoms with Crippen molar-refractivity contribution in [3.63, 3.8) is 0 Å². The van der Waals surface area contributed by atoms with Crippen LogP contribution in [0.5, 0.6) is 5.75 Å². The minimum atomic E-state index is -0.427. The van der Waals surface area contributed by atoms with Gasteiger partial charge in [-0.2, -0.15) is 0 Å². The van der Waals surface area contributed by atoms with E-state index in [4.69, 9.17) is 9.72 Å². The van der Waals surface area contributed by atoms with Crippen molar-refractivity contribution in [1.82, 2.24) is 9.55 Å². The fraction of sp³-hybridized carbons (Fsp3) is 0.0357. The Hall–Kier alpha value is -4.51. The first-order valence-electron chi connectivity index (χ1n) is 10.6. The van der Waals surface area contributed by atoms with Gasteiger partial charge >= 0.3 is 5.97 Å². The van der Waals surface area contributed by atoms with Crippen molar-refractivity contribution in [2.75, 3.05) is 0 Å². The third-order valence-corrected chi connectivity index (χ3v) is 5.45. The van der Waals surface area contributed by atoms with Gasteiger partial charge in [-0.1, -0.05) is 48.5 Å². The molecule has 0 aliphatic carbocycles. The molecule has 0 radical (unpaired) electrons. The van der Waals surface area contributed by atoms with Gasteiger partial charge in [0.25, 0.3) is 5.56 Å². The van der Waals surface area contributed by atoms with Gasteiger partial charge in [-0.05, 0) is 67.1 Å². The number of fused-ring (bicyclic) bond motifs is 1. The van der Waals surface area contributed by atoms with Crippen LogP contribution in [0.3, 0.4) is 0 Å². The molecule has 0 N–H and O–H groups in total. The summed E-state index contributed by atoms with van der Waals surface area (Å²) in [6.45, 7) is 1.91. The predicted molar refractivity (Wildman–Crippen MR) is 129 cm³/mol. The molecule has 33 heavy (non-hydrogen) atoms. The molecule has 0 spiro atoms. The van der Waals surface area contributed by atoms with Crippen molar-refractivity contribution in [2.45, 2.75) is 6.92 Å². The van der Waals surface area contributed by atoms with Gasteiger partial charge < -0.3 is 4.74 Å². The molecular formula is C28H20N2O3. The smallest absolute Gasteiger partial charge is 0.343 e. The average Bonchev–Trinajstić information content (AvgIpc) is 2.85. The van der Waals surface area contributed by atoms with Crippen molar-refractivity contribution < 1.29 is 9.53 Å². The van der Waals surface area contributed by atoms with Gasteiger partial charge in [0.15, 0.2) is 0 Å². The van der Waals surface area contributed by atoms with Crippen LogP contribution in [0.1, 0.15) is 15.9 Å². The van der Waals surface area contributed by atoms with E-state index >= 15 is 0 Å². The van der Waals surface area contributed by atoms with Crippen LogP contribution >= 0.6 is 0 Å². The van der Waals surface area contributed by atoms with E-state index in [0.29, 0.717) is 28.0 Å². The van der Waals surface area contributed by atoms with Crippen LogP contribution in [0.15, 0.2) is 108 Å². The summed E-state index contributed by atoms with van der Waals surface area (Å²) in [6.07, 6.45) is 0. The number of aryl methyl sites for hydroxylation is 1. The number of benzene rings is 4. The van der Waals surface area contributed by atoms with Gasteiger partial charge in [0, 0.05) is 5.56 Å². The van der Waals surface area contributed by atoms with E-state index in [1.165, 1.54) is 0 Å². The Bertz CT molecular complexity index is 1510. The van der Waals surface area contributed by atoms with Crippen molar-refractivity contribution in [3.8, 4) is 22.8 Å². The molecule has 0 aliphatic heterocycles. The first-order chi connectivity index (χ1) is 16.1. The number of esters is 1. The van der Waals surface area contributed by atoms with Gasteiger partial charge in [0.1, 0.15) is 11.6 Å². The fourth-order valence-electron chi connectivity index (χ4n) is 3.82. The van der Waals surface area contributed by atoms with E-state index in [-0.39, 0.29) is 5.56 Å². The van der Waals surface area contributed by atoms with E-state index in [0.717, 1.165) is 16.8 Å². The summed E-state index contributed by atoms with van der Waals surface area (Å²) in [6, 6.07) is 30.9. The lowest BCUT2D eigenvalue weighted by molar-refractivity contribution is 0.0735. The fourth-order valence-corrected chi connectivity index (χ4v) is 3.82. The Morgan fingerprint density at radius 1 is 0.788 bits per heavy atom. The summed E-state index contributed by atoms with van der Waals surface area (Å²) in [7, 11) is 0. The third-order valence-electron chi connectivity index (χ3n) is 5.45. The SMILES string of the molecule is Cc1cccc2nc(-c3ccc(OC(=O)c4ccccc4)cc3)n(-c3ccccc3)c(=O)c12. The lowest BCUT2D eigenvalue weighted by Gasteiger charge is -2.15. The average molecular weight is 432 g/mol. The van der Waals surface area contributed by atoms with Gasteiger partial charge in [0.2, 0.25) is 0 Å². The highest BCUT2D eigenvalue weighted by Crippen LogP contribution is 2.25. The molecule has 0 unspecified atom stereocenters. The molecule has 1 aromatic heterocycles. The van der Waals surface area contributed by atoms with E-state index in [1.807, 2.05) is 61.5 Å². The summed E-state index contributed by atoms with van der Waals surface area (Å²) in [4.78, 5) is 30.8. The Kier molecular flexibility index (Phi) is 5.29. The molecule has 4 aromatic carbocycles. The Morgan fingerprint density at radius 2 is 1.45 bits per heavy atom. The number of ether oxygens (including phenoxy) is 1. The summed E-state index contributed by atoms with van der Waals surface area (Å²) in [5.41, 5.74) is 3.34. The molecule has 5 aromatic rings. The first-order valence-corrected chi connectivity index (χ1v) is 10.6. The van der Waals surface area contributed by atoms with Crippen LogP contribution in [0.25, 0.3) is 28.0 Å². The standard InChI is InChI=1S/C28H20N2O3/c1-19-9-8-14-24-25(19)27(31)30(22-12-6-3-7-13-22)26(29-24)20-15-17-23(18-16-20)33-28(32)21-10-4-2-5-11-21/h2-18H,1H3. The van der Waals surface area contributed by atoms with Crippen LogP contribution in [-0.4, -0.2) is 15.5 Å². The van der Waals surface area contributed by atoms with Crippen molar-refractivity contribution in [2.24, 2.45) is 0 Å². The van der Waals surface area contributed by atoms with E-state index in [9.17, 15) is 9.59 Å². The second-order valence-corrected chi connectivity index (χ2v) is 7.66. The summed E-state index contributed by atoms with van der Waals surface area (Å²) in [5, 5.41) is 0.596. The second kappa shape index (κ2) is 8.55. The highest BCUT2D eigenvalue weighted by molar-refractivity contribution is 5.91. The van der Waals surface area contributed by atoms with E-state index < -0.39 is 5.97 Å². The molecule has 5 nitrogen and oxygen atoms in total. The maximum absolute atomic E-state index is 13.6. The third kappa shape index (κ3) is 3.92. The van der Waals surface area contributed by atoms with Gasteiger partial charge in [-0.15, -0.1) is 0 Å². The predicted octanol–water partition coefficient (Wildman–Crippen LogP) is 5.58. The number of nitrogens with zero attached hydrogens (tertiary/aromatic N) is 2. The van der Waals surface area contributed by atoms with Gasteiger partial charge in [-0.25, -0.2) is 9.78 Å². The zero-order valence-corrected chi connectivity index (χ0v) is 17.9. The monoisotopic (exact) mass is 432 g/mol. The lowest BCUT2D eigenvalue weighted by atomic mass is 10.1. The molecule has 0 fully saturated rings. The Balaban J connectivity index is 1.60. The molecule has 0 amide bonds. The molecule has 0 saturated carbocycles. The second-order valence-electron chi connectivity index (χ2n) is 7.66. The molecule has 0 bridgehead atoms. The maximum Gasteiger partial charge on any atom is 0.343 e. The van der Waals surface area contributed by atoms with Crippen molar-refractivity contribution in [3.05, 3.63) is 125 Å². The minimum absolute atomic E-state index is 0.126. The maximum atomic E-state index is 13.6. The summed E-state index contributed by atoms with van der Waals surface area (Å²) < 4.78 is 7.11. The molecule has 0 aliphatic rings. The number of hydrogen-bond donors (Lipinski definition) is 0. The topological polar surface area (TPSA) is 61.2 Å². The Labute approximate surface area is 190 Å². The number of carbonyl (C=O) groups excluding carboxylic acids is 1. The van der Waals surface area contributed by atoms with Gasteiger partial charge in [0.05, 0.1) is 22.2 Å². The molecular weight excluding hydrogens is 412 g/mol. The number of para-hydroxylation sites is 1. The quantitative estimate of drug-likeness (QED) is 0.275. The van der Waals surface area contributed by atoms with E-state index in [2.05, 4.69) is 0 Å². The largest absolute Gasteiger partial charge is 0.423 e. The molecule has 0 saturated heterocycles. The van der Waals surface area contributed by atoms with Crippen molar-refractivity contribution in [1.29, 1.82) is 0 Å². The molecule has 5 heteroatoms. The first kappa shape index (κ1) is 20.4. The van der Waals surface area contributed by atoms with E-state index in [1.54, 1.807) is 53.1 Å². The highest BCUT2D eigenvalue weighted by Gasteiger charge is 2.16. The summed E-state index contributed by atoms with van der Waals surface area (Å²) in [5.74, 6) is 0.506. The lowest BCUT2D eigenvalue weighted by Crippen LogP contribution is -2.22. The molecule has 5 rings (SSSR count). The van der Waals surface area contributed by atoms with Crippen LogP contribution in [0, 0.1) is 6.92 Å². The zero-order valence-electron chi connectivity index (χ0n) is 17.9. The molecule has 0 atom stereocenters. The highest BCUT2D eigenvalue weighted by atomic mass is 16.5. The normalized spacial score (nSPS) is 10.8. The van der Waals surface area contributed by atoms with Gasteiger partial charge in [-0.3, -0.25) is 9.36 Å². The zero-order chi connectivity index (χ0) is 22.8. The van der Waals surface area contributed by atoms with Crippen molar-refractivity contribution >= 4 is 16.9 Å². The summed E-state index contributed by atoms with van der Waals surface area (Å²) >= 11 is 0. The number of aromatic nitrogens is 2.